The largest absolute Gasteiger partial charge is 0.392 e. The second-order valence-electron chi connectivity index (χ2n) is 3.67. The maximum Gasteiger partial charge on any atom is 0.392 e. The van der Waals surface area contributed by atoms with Gasteiger partial charge >= 0.3 is 8.60 Å². The molecule has 0 unspecified atom stereocenters. The first kappa shape index (κ1) is 14.3. The van der Waals surface area contributed by atoms with Crippen LogP contribution in [-0.2, 0) is 23.6 Å². The van der Waals surface area contributed by atoms with E-state index in [9.17, 15) is 0 Å². The Bertz CT molecular complexity index is 155. The van der Waals surface area contributed by atoms with E-state index in [-0.39, 0.29) is 6.10 Å². The molecule has 0 heterocycles. The monoisotopic (exact) mass is 252 g/mol. The fourth-order valence-electron chi connectivity index (χ4n) is 0.973. The first-order valence-electron chi connectivity index (χ1n) is 5.92. The van der Waals surface area contributed by atoms with Crippen LogP contribution < -0.4 is 0 Å². The first-order valence-corrected chi connectivity index (χ1v) is 7.02. The molecule has 0 spiro atoms. The molecule has 16 heavy (non-hydrogen) atoms. The Morgan fingerprint density at radius 2 is 1.56 bits per heavy atom. The van der Waals surface area contributed by atoms with Crippen molar-refractivity contribution in [3.63, 3.8) is 0 Å². The van der Waals surface area contributed by atoms with Gasteiger partial charge in [0.2, 0.25) is 0 Å². The van der Waals surface area contributed by atoms with E-state index in [2.05, 4.69) is 0 Å². The number of hydrogen-bond donors (Lipinski definition) is 0. The summed E-state index contributed by atoms with van der Waals surface area (Å²) in [5.74, 6) is 0. The second kappa shape index (κ2) is 9.28. The van der Waals surface area contributed by atoms with Gasteiger partial charge in [-0.15, -0.1) is 0 Å². The van der Waals surface area contributed by atoms with E-state index in [0.717, 1.165) is 25.7 Å². The lowest BCUT2D eigenvalue weighted by Gasteiger charge is -2.27. The molecule has 0 aromatic carbocycles. The Kier molecular flexibility index (Phi) is 8.29. The molecule has 0 bridgehead atoms. The average molecular weight is 252 g/mol. The predicted molar refractivity (Wildman–Crippen MR) is 60.3 cm³/mol. The lowest BCUT2D eigenvalue weighted by Crippen LogP contribution is -2.20. The summed E-state index contributed by atoms with van der Waals surface area (Å²) < 4.78 is 15.6. The molecule has 0 atom stereocenters. The van der Waals surface area contributed by atoms with Gasteiger partial charge in [0, 0.05) is 0 Å². The fraction of sp³-hybridized carbons (Fsp3) is 1.00. The van der Waals surface area contributed by atoms with Crippen molar-refractivity contribution in [2.75, 3.05) is 13.2 Å². The molecule has 1 aliphatic carbocycles. The molecular formula is C10H21O5P. The Hall–Kier alpha value is 0.230. The van der Waals surface area contributed by atoms with E-state index < -0.39 is 8.60 Å². The molecule has 6 heteroatoms. The Morgan fingerprint density at radius 1 is 1.00 bits per heavy atom. The Balaban J connectivity index is 2.11. The zero-order valence-corrected chi connectivity index (χ0v) is 10.9. The molecule has 0 aromatic heterocycles. The van der Waals surface area contributed by atoms with Gasteiger partial charge in [0.25, 0.3) is 0 Å². The normalized spacial score (nSPS) is 16.7. The molecule has 0 saturated heterocycles. The maximum atomic E-state index is 5.55. The lowest BCUT2D eigenvalue weighted by molar-refractivity contribution is -0.272. The third-order valence-electron chi connectivity index (χ3n) is 2.09. The van der Waals surface area contributed by atoms with Gasteiger partial charge in [-0.05, 0) is 32.1 Å². The zero-order chi connectivity index (χ0) is 11.6. The Morgan fingerprint density at radius 3 is 1.94 bits per heavy atom. The Labute approximate surface area is 98.2 Å². The highest BCUT2D eigenvalue weighted by molar-refractivity contribution is 7.41. The summed E-state index contributed by atoms with van der Waals surface area (Å²) in [5, 5.41) is 0. The SMILES string of the molecule is CCCOOP(OOCCC)OC1CCC1. The highest BCUT2D eigenvalue weighted by Gasteiger charge is 2.26. The van der Waals surface area contributed by atoms with Gasteiger partial charge in [-0.3, -0.25) is 0 Å². The molecule has 0 N–H and O–H groups in total. The summed E-state index contributed by atoms with van der Waals surface area (Å²) in [6.07, 6.45) is 5.35. The molecule has 0 radical (unpaired) electrons. The van der Waals surface area contributed by atoms with Crippen molar-refractivity contribution in [1.29, 1.82) is 0 Å². The van der Waals surface area contributed by atoms with Gasteiger partial charge in [0.05, 0.1) is 19.3 Å². The van der Waals surface area contributed by atoms with Gasteiger partial charge in [0.15, 0.2) is 0 Å². The summed E-state index contributed by atoms with van der Waals surface area (Å²) in [6, 6.07) is 0. The van der Waals surface area contributed by atoms with E-state index in [4.69, 9.17) is 23.6 Å². The number of rotatable bonds is 10. The minimum Gasteiger partial charge on any atom is -0.306 e. The van der Waals surface area contributed by atoms with Gasteiger partial charge < -0.3 is 4.52 Å². The molecule has 5 nitrogen and oxygen atoms in total. The van der Waals surface area contributed by atoms with Crippen molar-refractivity contribution in [1.82, 2.24) is 0 Å². The summed E-state index contributed by atoms with van der Waals surface area (Å²) >= 11 is 0. The van der Waals surface area contributed by atoms with Crippen molar-refractivity contribution >= 4 is 8.60 Å². The van der Waals surface area contributed by atoms with Gasteiger partial charge in [-0.2, -0.15) is 9.35 Å². The van der Waals surface area contributed by atoms with Crippen molar-refractivity contribution in [3.05, 3.63) is 0 Å². The summed E-state index contributed by atoms with van der Waals surface area (Å²) in [5.41, 5.74) is 0. The molecule has 1 fully saturated rings. The summed E-state index contributed by atoms with van der Waals surface area (Å²) in [6.45, 7) is 5.08. The van der Waals surface area contributed by atoms with Crippen LogP contribution in [0.15, 0.2) is 0 Å². The lowest BCUT2D eigenvalue weighted by atomic mass is 9.97. The van der Waals surface area contributed by atoms with Crippen LogP contribution in [0.4, 0.5) is 0 Å². The molecule has 1 rings (SSSR count). The van der Waals surface area contributed by atoms with Crippen molar-refractivity contribution in [3.8, 4) is 0 Å². The van der Waals surface area contributed by atoms with Crippen molar-refractivity contribution < 1.29 is 23.6 Å². The van der Waals surface area contributed by atoms with Crippen LogP contribution in [0.5, 0.6) is 0 Å². The average Bonchev–Trinajstić information content (AvgIpc) is 2.23. The van der Waals surface area contributed by atoms with Gasteiger partial charge in [-0.25, -0.2) is 9.78 Å². The van der Waals surface area contributed by atoms with E-state index in [1.807, 2.05) is 13.8 Å². The van der Waals surface area contributed by atoms with Crippen LogP contribution >= 0.6 is 8.60 Å². The second-order valence-corrected chi connectivity index (χ2v) is 4.63. The van der Waals surface area contributed by atoms with Crippen LogP contribution in [0.25, 0.3) is 0 Å². The van der Waals surface area contributed by atoms with E-state index >= 15 is 0 Å². The quantitative estimate of drug-likeness (QED) is 0.258. The highest BCUT2D eigenvalue weighted by Crippen LogP contribution is 2.45. The van der Waals surface area contributed by atoms with Crippen molar-refractivity contribution in [2.45, 2.75) is 52.1 Å². The smallest absolute Gasteiger partial charge is 0.306 e. The first-order chi connectivity index (χ1) is 7.86. The predicted octanol–water partition coefficient (Wildman–Crippen LogP) is 3.50. The number of hydrogen-bond acceptors (Lipinski definition) is 5. The third kappa shape index (κ3) is 6.09. The summed E-state index contributed by atoms with van der Waals surface area (Å²) in [7, 11) is -1.52. The van der Waals surface area contributed by atoms with Crippen molar-refractivity contribution in [2.24, 2.45) is 0 Å². The van der Waals surface area contributed by atoms with Crippen LogP contribution in [0.1, 0.15) is 46.0 Å². The molecule has 1 saturated carbocycles. The molecule has 0 amide bonds. The van der Waals surface area contributed by atoms with Crippen LogP contribution in [-0.4, -0.2) is 19.3 Å². The van der Waals surface area contributed by atoms with Crippen LogP contribution in [0, 0.1) is 0 Å². The molecule has 0 aromatic rings. The van der Waals surface area contributed by atoms with E-state index in [1.165, 1.54) is 6.42 Å². The zero-order valence-electron chi connectivity index (χ0n) is 10.0. The minimum atomic E-state index is -1.52. The third-order valence-corrected chi connectivity index (χ3v) is 3.01. The van der Waals surface area contributed by atoms with Gasteiger partial charge in [0.1, 0.15) is 0 Å². The summed E-state index contributed by atoms with van der Waals surface area (Å²) in [4.78, 5) is 9.89. The molecular weight excluding hydrogens is 231 g/mol. The standard InChI is InChI=1S/C10H21O5P/c1-3-8-11-14-16(15-12-9-4-2)13-10-6-5-7-10/h10H,3-9H2,1-2H3. The van der Waals surface area contributed by atoms with Crippen LogP contribution in [0.2, 0.25) is 0 Å². The van der Waals surface area contributed by atoms with Crippen LogP contribution in [0.3, 0.4) is 0 Å². The molecule has 96 valence electrons. The molecule has 0 aliphatic heterocycles. The highest BCUT2D eigenvalue weighted by atomic mass is 31.2. The van der Waals surface area contributed by atoms with E-state index in [1.54, 1.807) is 0 Å². The van der Waals surface area contributed by atoms with Gasteiger partial charge in [-0.1, -0.05) is 13.8 Å². The minimum absolute atomic E-state index is 0.238. The van der Waals surface area contributed by atoms with E-state index in [0.29, 0.717) is 13.2 Å². The molecule has 1 aliphatic rings. The maximum absolute atomic E-state index is 5.55. The topological polar surface area (TPSA) is 46.2 Å². The fourth-order valence-corrected chi connectivity index (χ4v) is 1.84.